The van der Waals surface area contributed by atoms with Crippen LogP contribution in [0.3, 0.4) is 0 Å². The lowest BCUT2D eigenvalue weighted by Gasteiger charge is -2.34. The summed E-state index contributed by atoms with van der Waals surface area (Å²) in [7, 11) is 0. The molecule has 4 heteroatoms. The molecule has 3 N–H and O–H groups in total. The minimum atomic E-state index is 0.00855. The van der Waals surface area contributed by atoms with Crippen molar-refractivity contribution in [1.82, 2.24) is 4.98 Å². The van der Waals surface area contributed by atoms with Crippen LogP contribution in [0.4, 0.5) is 0 Å². The number of amidine groups is 1. The number of nitrogen functional groups attached to an aromatic ring is 1. The van der Waals surface area contributed by atoms with Gasteiger partial charge in [-0.25, -0.2) is 4.98 Å². The standard InChI is InChI=1S/C14H21N3O/c1-14(2)7-5-10(6-8-14)18-13-11(12(15)16)4-3-9-17-13/h3-4,9-10H,5-8H2,1-2H3,(H3,15,16). The van der Waals surface area contributed by atoms with Crippen LogP contribution in [0.5, 0.6) is 5.88 Å². The molecule has 2 rings (SSSR count). The van der Waals surface area contributed by atoms with E-state index >= 15 is 0 Å². The normalized spacial score (nSPS) is 19.4. The molecule has 1 aromatic rings. The summed E-state index contributed by atoms with van der Waals surface area (Å²) >= 11 is 0. The van der Waals surface area contributed by atoms with Crippen LogP contribution in [-0.2, 0) is 0 Å². The third kappa shape index (κ3) is 3.00. The number of ether oxygens (including phenoxy) is 1. The second-order valence-corrected chi connectivity index (χ2v) is 5.75. The fourth-order valence-corrected chi connectivity index (χ4v) is 2.34. The van der Waals surface area contributed by atoms with E-state index in [1.165, 1.54) is 12.8 Å². The highest BCUT2D eigenvalue weighted by Crippen LogP contribution is 2.36. The van der Waals surface area contributed by atoms with Crippen molar-refractivity contribution >= 4 is 5.84 Å². The van der Waals surface area contributed by atoms with Crippen LogP contribution in [0.15, 0.2) is 18.3 Å². The highest BCUT2D eigenvalue weighted by atomic mass is 16.5. The Morgan fingerprint density at radius 3 is 2.72 bits per heavy atom. The molecular formula is C14H21N3O. The van der Waals surface area contributed by atoms with Crippen molar-refractivity contribution in [3.63, 3.8) is 0 Å². The maximum atomic E-state index is 7.51. The van der Waals surface area contributed by atoms with Gasteiger partial charge in [0.25, 0.3) is 0 Å². The maximum Gasteiger partial charge on any atom is 0.224 e. The topological polar surface area (TPSA) is 72.0 Å². The predicted molar refractivity (Wildman–Crippen MR) is 71.9 cm³/mol. The van der Waals surface area contributed by atoms with Gasteiger partial charge in [0.2, 0.25) is 5.88 Å². The lowest BCUT2D eigenvalue weighted by Crippen LogP contribution is -2.29. The molecule has 0 radical (unpaired) electrons. The van der Waals surface area contributed by atoms with Crippen LogP contribution in [0.25, 0.3) is 0 Å². The Kier molecular flexibility index (Phi) is 3.55. The first kappa shape index (κ1) is 12.9. The van der Waals surface area contributed by atoms with E-state index in [9.17, 15) is 0 Å². The largest absolute Gasteiger partial charge is 0.474 e. The van der Waals surface area contributed by atoms with Crippen molar-refractivity contribution in [3.8, 4) is 5.88 Å². The van der Waals surface area contributed by atoms with Crippen molar-refractivity contribution in [3.05, 3.63) is 23.9 Å². The van der Waals surface area contributed by atoms with E-state index in [1.54, 1.807) is 18.3 Å². The molecule has 98 valence electrons. The zero-order chi connectivity index (χ0) is 13.2. The van der Waals surface area contributed by atoms with Crippen molar-refractivity contribution in [1.29, 1.82) is 5.41 Å². The quantitative estimate of drug-likeness (QED) is 0.637. The molecule has 0 aliphatic heterocycles. The first-order valence-electron chi connectivity index (χ1n) is 6.44. The number of nitrogens with zero attached hydrogens (tertiary/aromatic N) is 1. The summed E-state index contributed by atoms with van der Waals surface area (Å²) in [6.07, 6.45) is 6.29. The molecule has 1 aliphatic carbocycles. The van der Waals surface area contributed by atoms with E-state index in [4.69, 9.17) is 15.9 Å². The summed E-state index contributed by atoms with van der Waals surface area (Å²) in [5, 5.41) is 7.51. The Balaban J connectivity index is 2.04. The number of nitrogens with two attached hydrogens (primary N) is 1. The van der Waals surface area contributed by atoms with Crippen molar-refractivity contribution < 1.29 is 4.74 Å². The fourth-order valence-electron chi connectivity index (χ4n) is 2.34. The van der Waals surface area contributed by atoms with E-state index in [-0.39, 0.29) is 11.9 Å². The van der Waals surface area contributed by atoms with E-state index in [0.717, 1.165) is 12.8 Å². The molecule has 1 heterocycles. The average molecular weight is 247 g/mol. The van der Waals surface area contributed by atoms with Gasteiger partial charge in [0, 0.05) is 6.20 Å². The Labute approximate surface area is 108 Å². The minimum Gasteiger partial charge on any atom is -0.474 e. The fraction of sp³-hybridized carbons (Fsp3) is 0.571. The Morgan fingerprint density at radius 2 is 2.11 bits per heavy atom. The van der Waals surface area contributed by atoms with Gasteiger partial charge in [-0.2, -0.15) is 0 Å². The van der Waals surface area contributed by atoms with E-state index in [2.05, 4.69) is 18.8 Å². The summed E-state index contributed by atoms with van der Waals surface area (Å²) in [5.74, 6) is 0.504. The number of rotatable bonds is 3. The van der Waals surface area contributed by atoms with Crippen LogP contribution in [0, 0.1) is 10.8 Å². The molecule has 0 atom stereocenters. The van der Waals surface area contributed by atoms with Crippen LogP contribution in [0.2, 0.25) is 0 Å². The molecule has 1 saturated carbocycles. The molecule has 1 aliphatic rings. The number of hydrogen-bond acceptors (Lipinski definition) is 3. The van der Waals surface area contributed by atoms with Crippen LogP contribution in [-0.4, -0.2) is 16.9 Å². The SMILES string of the molecule is CC1(C)CCC(Oc2ncccc2C(=N)N)CC1. The van der Waals surface area contributed by atoms with Gasteiger partial charge in [0.1, 0.15) is 11.9 Å². The van der Waals surface area contributed by atoms with E-state index in [1.807, 2.05) is 0 Å². The van der Waals surface area contributed by atoms with Crippen molar-refractivity contribution in [2.45, 2.75) is 45.6 Å². The minimum absolute atomic E-state index is 0.00855. The molecule has 4 nitrogen and oxygen atoms in total. The molecule has 1 aromatic heterocycles. The van der Waals surface area contributed by atoms with Crippen LogP contribution in [0.1, 0.15) is 45.1 Å². The second kappa shape index (κ2) is 4.96. The van der Waals surface area contributed by atoms with Gasteiger partial charge in [-0.05, 0) is 43.2 Å². The number of hydrogen-bond donors (Lipinski definition) is 2. The summed E-state index contributed by atoms with van der Waals surface area (Å²) in [6, 6.07) is 3.55. The molecule has 18 heavy (non-hydrogen) atoms. The smallest absolute Gasteiger partial charge is 0.224 e. The highest BCUT2D eigenvalue weighted by molar-refractivity contribution is 5.96. The third-order valence-electron chi connectivity index (χ3n) is 3.63. The first-order valence-corrected chi connectivity index (χ1v) is 6.44. The zero-order valence-corrected chi connectivity index (χ0v) is 11.1. The zero-order valence-electron chi connectivity index (χ0n) is 11.1. The summed E-state index contributed by atoms with van der Waals surface area (Å²) in [6.45, 7) is 4.59. The number of aromatic nitrogens is 1. The Bertz CT molecular complexity index is 432. The summed E-state index contributed by atoms with van der Waals surface area (Å²) in [4.78, 5) is 4.19. The molecular weight excluding hydrogens is 226 g/mol. The van der Waals surface area contributed by atoms with Crippen molar-refractivity contribution in [2.75, 3.05) is 0 Å². The summed E-state index contributed by atoms with van der Waals surface area (Å²) < 4.78 is 5.91. The monoisotopic (exact) mass is 247 g/mol. The average Bonchev–Trinajstić information content (AvgIpc) is 2.32. The van der Waals surface area contributed by atoms with Crippen LogP contribution >= 0.6 is 0 Å². The molecule has 1 fully saturated rings. The third-order valence-corrected chi connectivity index (χ3v) is 3.63. The van der Waals surface area contributed by atoms with Crippen molar-refractivity contribution in [2.24, 2.45) is 11.1 Å². The number of pyridine rings is 1. The molecule has 0 saturated heterocycles. The maximum absolute atomic E-state index is 7.51. The molecule has 0 unspecified atom stereocenters. The van der Waals surface area contributed by atoms with Gasteiger partial charge in [0.15, 0.2) is 0 Å². The van der Waals surface area contributed by atoms with Crippen LogP contribution < -0.4 is 10.5 Å². The summed E-state index contributed by atoms with van der Waals surface area (Å²) in [5.41, 5.74) is 6.54. The van der Waals surface area contributed by atoms with Gasteiger partial charge in [-0.15, -0.1) is 0 Å². The lowest BCUT2D eigenvalue weighted by atomic mass is 9.76. The van der Waals surface area contributed by atoms with Gasteiger partial charge < -0.3 is 10.5 Å². The van der Waals surface area contributed by atoms with Gasteiger partial charge in [-0.1, -0.05) is 13.8 Å². The van der Waals surface area contributed by atoms with E-state index < -0.39 is 0 Å². The first-order chi connectivity index (χ1) is 8.48. The number of nitrogens with one attached hydrogen (secondary N) is 1. The van der Waals surface area contributed by atoms with E-state index in [0.29, 0.717) is 16.9 Å². The Morgan fingerprint density at radius 1 is 1.44 bits per heavy atom. The molecule has 0 spiro atoms. The predicted octanol–water partition coefficient (Wildman–Crippen LogP) is 2.71. The van der Waals surface area contributed by atoms with Gasteiger partial charge in [-0.3, -0.25) is 5.41 Å². The molecule has 0 aromatic carbocycles. The Hall–Kier alpha value is -1.58. The molecule has 0 amide bonds. The lowest BCUT2D eigenvalue weighted by molar-refractivity contribution is 0.0947. The molecule has 0 bridgehead atoms. The highest BCUT2D eigenvalue weighted by Gasteiger charge is 2.28. The second-order valence-electron chi connectivity index (χ2n) is 5.75. The van der Waals surface area contributed by atoms with Gasteiger partial charge in [0.05, 0.1) is 5.56 Å². The van der Waals surface area contributed by atoms with Gasteiger partial charge >= 0.3 is 0 Å².